The lowest BCUT2D eigenvalue weighted by atomic mass is 9.86. The summed E-state index contributed by atoms with van der Waals surface area (Å²) in [5.74, 6) is 0.585. The first-order valence-corrected chi connectivity index (χ1v) is 7.97. The molecule has 126 valence electrons. The smallest absolute Gasteiger partial charge is 0.257 e. The average molecular weight is 327 g/mol. The molecular formula is C18H21N3O3. The molecule has 2 heterocycles. The van der Waals surface area contributed by atoms with Crippen molar-refractivity contribution in [1.29, 1.82) is 0 Å². The van der Waals surface area contributed by atoms with Gasteiger partial charge in [-0.05, 0) is 37.5 Å². The van der Waals surface area contributed by atoms with Crippen molar-refractivity contribution in [2.75, 3.05) is 13.7 Å². The molecule has 0 spiro atoms. The second-order valence-corrected chi connectivity index (χ2v) is 6.16. The fourth-order valence-corrected chi connectivity index (χ4v) is 3.29. The summed E-state index contributed by atoms with van der Waals surface area (Å²) < 4.78 is 5.16. The Labute approximate surface area is 141 Å². The lowest BCUT2D eigenvalue weighted by molar-refractivity contribution is -0.0177. The zero-order chi connectivity index (χ0) is 17.2. The number of likely N-dealkylation sites (tertiary alicyclic amines) is 1. The summed E-state index contributed by atoms with van der Waals surface area (Å²) >= 11 is 0. The summed E-state index contributed by atoms with van der Waals surface area (Å²) in [5.41, 5.74) is 0.0564. The molecule has 1 aromatic carbocycles. The van der Waals surface area contributed by atoms with E-state index >= 15 is 0 Å². The summed E-state index contributed by atoms with van der Waals surface area (Å²) in [6.45, 7) is 2.37. The van der Waals surface area contributed by atoms with Crippen molar-refractivity contribution < 1.29 is 14.6 Å². The van der Waals surface area contributed by atoms with Gasteiger partial charge in [0.2, 0.25) is 0 Å². The molecule has 3 rings (SSSR count). The standard InChI is InChI=1S/C18H21N3O3/c1-18(23,14-5-7-15(24-2)8-6-14)16-4-3-9-21(16)17(22)13-10-19-12-20-11-13/h5-8,10-12,16,23H,3-4,9H2,1-2H3/t16-,18+/m1/s1. The minimum absolute atomic E-state index is 0.146. The van der Waals surface area contributed by atoms with Gasteiger partial charge in [-0.1, -0.05) is 12.1 Å². The highest BCUT2D eigenvalue weighted by Crippen LogP contribution is 2.36. The summed E-state index contributed by atoms with van der Waals surface area (Å²) in [7, 11) is 1.60. The van der Waals surface area contributed by atoms with Crippen molar-refractivity contribution >= 4 is 5.91 Å². The topological polar surface area (TPSA) is 75.6 Å². The molecule has 1 saturated heterocycles. The lowest BCUT2D eigenvalue weighted by Gasteiger charge is -2.37. The van der Waals surface area contributed by atoms with Crippen LogP contribution < -0.4 is 4.74 Å². The predicted octanol–water partition coefficient (Wildman–Crippen LogP) is 2.00. The summed E-state index contributed by atoms with van der Waals surface area (Å²) in [4.78, 5) is 22.3. The molecule has 6 nitrogen and oxygen atoms in total. The maximum absolute atomic E-state index is 12.8. The largest absolute Gasteiger partial charge is 0.497 e. The number of methoxy groups -OCH3 is 1. The number of nitrogens with zero attached hydrogens (tertiary/aromatic N) is 3. The lowest BCUT2D eigenvalue weighted by Crippen LogP contribution is -2.48. The van der Waals surface area contributed by atoms with Gasteiger partial charge in [-0.3, -0.25) is 4.79 Å². The van der Waals surface area contributed by atoms with Crippen LogP contribution in [0, 0.1) is 0 Å². The molecule has 0 aliphatic carbocycles. The number of benzene rings is 1. The number of ether oxygens (including phenoxy) is 1. The van der Waals surface area contributed by atoms with Crippen molar-refractivity contribution in [1.82, 2.24) is 14.9 Å². The molecule has 6 heteroatoms. The Bertz CT molecular complexity index is 701. The molecule has 0 unspecified atom stereocenters. The highest BCUT2D eigenvalue weighted by Gasteiger charge is 2.42. The Morgan fingerprint density at radius 3 is 2.58 bits per heavy atom. The van der Waals surface area contributed by atoms with Crippen LogP contribution in [0.3, 0.4) is 0 Å². The molecule has 1 aliphatic rings. The first-order chi connectivity index (χ1) is 11.5. The van der Waals surface area contributed by atoms with E-state index < -0.39 is 5.60 Å². The number of aromatic nitrogens is 2. The van der Waals surface area contributed by atoms with Crippen LogP contribution in [0.25, 0.3) is 0 Å². The van der Waals surface area contributed by atoms with E-state index in [-0.39, 0.29) is 11.9 Å². The van der Waals surface area contributed by atoms with Gasteiger partial charge in [-0.15, -0.1) is 0 Å². The Morgan fingerprint density at radius 2 is 1.96 bits per heavy atom. The van der Waals surface area contributed by atoms with Crippen molar-refractivity contribution in [3.63, 3.8) is 0 Å². The van der Waals surface area contributed by atoms with Crippen LogP contribution in [0.15, 0.2) is 43.0 Å². The third-order valence-corrected chi connectivity index (χ3v) is 4.64. The number of carbonyl (C=O) groups excluding carboxylic acids is 1. The van der Waals surface area contributed by atoms with E-state index in [0.717, 1.165) is 24.2 Å². The van der Waals surface area contributed by atoms with Gasteiger partial charge in [0.15, 0.2) is 0 Å². The fraction of sp³-hybridized carbons (Fsp3) is 0.389. The van der Waals surface area contributed by atoms with Gasteiger partial charge in [0.1, 0.15) is 17.7 Å². The van der Waals surface area contributed by atoms with Crippen LogP contribution in [0.1, 0.15) is 35.7 Å². The summed E-state index contributed by atoms with van der Waals surface area (Å²) in [6, 6.07) is 7.02. The van der Waals surface area contributed by atoms with Gasteiger partial charge in [0.25, 0.3) is 5.91 Å². The number of hydrogen-bond donors (Lipinski definition) is 1. The molecule has 0 bridgehead atoms. The van der Waals surface area contributed by atoms with E-state index in [1.165, 1.54) is 18.7 Å². The van der Waals surface area contributed by atoms with Crippen LogP contribution in [0.5, 0.6) is 5.75 Å². The fourth-order valence-electron chi connectivity index (χ4n) is 3.29. The minimum Gasteiger partial charge on any atom is -0.497 e. The molecule has 1 fully saturated rings. The van der Waals surface area contributed by atoms with E-state index in [4.69, 9.17) is 4.74 Å². The van der Waals surface area contributed by atoms with Crippen LogP contribution in [0.2, 0.25) is 0 Å². The third-order valence-electron chi connectivity index (χ3n) is 4.64. The van der Waals surface area contributed by atoms with Gasteiger partial charge in [0, 0.05) is 18.9 Å². The zero-order valence-electron chi connectivity index (χ0n) is 13.8. The maximum Gasteiger partial charge on any atom is 0.257 e. The molecular weight excluding hydrogens is 306 g/mol. The zero-order valence-corrected chi connectivity index (χ0v) is 13.8. The van der Waals surface area contributed by atoms with Crippen molar-refractivity contribution in [3.8, 4) is 5.75 Å². The molecule has 1 amide bonds. The molecule has 1 aromatic heterocycles. The normalized spacial score (nSPS) is 19.8. The monoisotopic (exact) mass is 327 g/mol. The highest BCUT2D eigenvalue weighted by molar-refractivity contribution is 5.94. The van der Waals surface area contributed by atoms with Crippen LogP contribution in [0.4, 0.5) is 0 Å². The second kappa shape index (κ2) is 6.57. The van der Waals surface area contributed by atoms with E-state index in [2.05, 4.69) is 9.97 Å². The molecule has 2 atom stereocenters. The Morgan fingerprint density at radius 1 is 1.29 bits per heavy atom. The number of aliphatic hydroxyl groups is 1. The van der Waals surface area contributed by atoms with Crippen LogP contribution >= 0.6 is 0 Å². The number of hydrogen-bond acceptors (Lipinski definition) is 5. The first kappa shape index (κ1) is 16.4. The Balaban J connectivity index is 1.87. The molecule has 2 aromatic rings. The van der Waals surface area contributed by atoms with E-state index in [0.29, 0.717) is 12.1 Å². The van der Waals surface area contributed by atoms with E-state index in [1.807, 2.05) is 24.3 Å². The third kappa shape index (κ3) is 2.97. The van der Waals surface area contributed by atoms with Gasteiger partial charge < -0.3 is 14.7 Å². The quantitative estimate of drug-likeness (QED) is 0.929. The Hall–Kier alpha value is -2.47. The van der Waals surface area contributed by atoms with Crippen molar-refractivity contribution in [3.05, 3.63) is 54.1 Å². The van der Waals surface area contributed by atoms with E-state index in [9.17, 15) is 9.90 Å². The number of rotatable bonds is 4. The van der Waals surface area contributed by atoms with Crippen LogP contribution in [-0.2, 0) is 5.60 Å². The first-order valence-electron chi connectivity index (χ1n) is 7.97. The average Bonchev–Trinajstić information content (AvgIpc) is 3.12. The highest BCUT2D eigenvalue weighted by atomic mass is 16.5. The minimum atomic E-state index is -1.14. The van der Waals surface area contributed by atoms with E-state index in [1.54, 1.807) is 18.9 Å². The molecule has 0 saturated carbocycles. The predicted molar refractivity (Wildman–Crippen MR) is 88.7 cm³/mol. The van der Waals surface area contributed by atoms with Gasteiger partial charge in [0.05, 0.1) is 18.7 Å². The SMILES string of the molecule is COc1ccc([C@](C)(O)[C@H]2CCCN2C(=O)c2cncnc2)cc1. The van der Waals surface area contributed by atoms with Gasteiger partial charge >= 0.3 is 0 Å². The number of carbonyl (C=O) groups is 1. The molecule has 1 aliphatic heterocycles. The molecule has 1 N–H and O–H groups in total. The molecule has 24 heavy (non-hydrogen) atoms. The van der Waals surface area contributed by atoms with Crippen LogP contribution in [-0.4, -0.2) is 45.6 Å². The number of amides is 1. The molecule has 0 radical (unpaired) electrons. The maximum atomic E-state index is 12.8. The summed E-state index contributed by atoms with van der Waals surface area (Å²) in [6.07, 6.45) is 6.01. The summed E-state index contributed by atoms with van der Waals surface area (Å²) in [5, 5.41) is 11.1. The second-order valence-electron chi connectivity index (χ2n) is 6.16. The van der Waals surface area contributed by atoms with Crippen molar-refractivity contribution in [2.24, 2.45) is 0 Å². The van der Waals surface area contributed by atoms with Crippen molar-refractivity contribution in [2.45, 2.75) is 31.4 Å². The van der Waals surface area contributed by atoms with Gasteiger partial charge in [-0.25, -0.2) is 9.97 Å². The van der Waals surface area contributed by atoms with Gasteiger partial charge in [-0.2, -0.15) is 0 Å². The Kier molecular flexibility index (Phi) is 4.49.